The number of aliphatic imine (C=N–C) groups is 1. The number of aryl methyl sites for hydroxylation is 1. The first-order valence-corrected chi connectivity index (χ1v) is 11.9. The van der Waals surface area contributed by atoms with Crippen molar-refractivity contribution >= 4 is 28.9 Å². The van der Waals surface area contributed by atoms with Gasteiger partial charge in [-0.3, -0.25) is 14.6 Å². The quantitative estimate of drug-likeness (QED) is 0.385. The summed E-state index contributed by atoms with van der Waals surface area (Å²) in [4.78, 5) is 28.8. The predicted octanol–water partition coefficient (Wildman–Crippen LogP) is 3.85. The molecule has 188 valence electrons. The van der Waals surface area contributed by atoms with E-state index in [1.807, 2.05) is 32.0 Å². The number of anilines is 1. The third-order valence-electron chi connectivity index (χ3n) is 5.96. The van der Waals surface area contributed by atoms with E-state index in [9.17, 15) is 9.59 Å². The zero-order valence-corrected chi connectivity index (χ0v) is 21.6. The van der Waals surface area contributed by atoms with Crippen molar-refractivity contribution in [2.24, 2.45) is 22.4 Å². The lowest BCUT2D eigenvalue weighted by Crippen LogP contribution is -2.27. The monoisotopic (exact) mass is 478 g/mol. The molecule has 35 heavy (non-hydrogen) atoms. The van der Waals surface area contributed by atoms with Crippen molar-refractivity contribution in [1.29, 1.82) is 0 Å². The van der Waals surface area contributed by atoms with Crippen LogP contribution in [0.25, 0.3) is 5.70 Å². The first-order valence-electron chi connectivity index (χ1n) is 11.9. The predicted molar refractivity (Wildman–Crippen MR) is 144 cm³/mol. The molecule has 0 saturated heterocycles. The number of amides is 2. The number of carbonyl (C=O) groups is 2. The van der Waals surface area contributed by atoms with E-state index in [0.29, 0.717) is 29.2 Å². The second-order valence-corrected chi connectivity index (χ2v) is 8.55. The Morgan fingerprint density at radius 3 is 2.37 bits per heavy atom. The number of primary amides is 1. The summed E-state index contributed by atoms with van der Waals surface area (Å²) in [6.45, 7) is 10.5. The van der Waals surface area contributed by atoms with Crippen molar-refractivity contribution in [2.45, 2.75) is 54.0 Å². The minimum Gasteiger partial charge on any atom is -0.400 e. The molecule has 3 rings (SSSR count). The Morgan fingerprint density at radius 2 is 1.77 bits per heavy atom. The SMILES string of the molecule is CCCC.CNC(=O)c1cccc(C(C)=N/C(=C(/N)C(C)C(N)=O)c2c(C)ccc3c2CNN3)c1. The van der Waals surface area contributed by atoms with E-state index in [1.165, 1.54) is 12.8 Å². The molecule has 2 amide bonds. The lowest BCUT2D eigenvalue weighted by atomic mass is 9.93. The van der Waals surface area contributed by atoms with Crippen LogP contribution in [0.3, 0.4) is 0 Å². The molecule has 1 atom stereocenters. The molecular formula is C27H38N6O2. The van der Waals surface area contributed by atoms with Crippen molar-refractivity contribution < 1.29 is 9.59 Å². The summed E-state index contributed by atoms with van der Waals surface area (Å²) in [5, 5.41) is 2.62. The number of carbonyl (C=O) groups excluding carboxylic acids is 2. The highest BCUT2D eigenvalue weighted by Crippen LogP contribution is 2.34. The molecule has 0 radical (unpaired) electrons. The van der Waals surface area contributed by atoms with Crippen LogP contribution in [0.5, 0.6) is 0 Å². The Balaban J connectivity index is 0.00000100. The molecule has 0 fully saturated rings. The lowest BCUT2D eigenvalue weighted by molar-refractivity contribution is -0.120. The number of rotatable bonds is 7. The molecule has 0 bridgehead atoms. The second kappa shape index (κ2) is 12.7. The fourth-order valence-electron chi connectivity index (χ4n) is 3.51. The number of unbranched alkanes of at least 4 members (excludes halogenated alkanes) is 1. The Morgan fingerprint density at radius 1 is 1.11 bits per heavy atom. The van der Waals surface area contributed by atoms with Gasteiger partial charge in [-0.2, -0.15) is 0 Å². The molecule has 8 heteroatoms. The zero-order valence-electron chi connectivity index (χ0n) is 21.6. The van der Waals surface area contributed by atoms with Crippen molar-refractivity contribution in [2.75, 3.05) is 12.5 Å². The van der Waals surface area contributed by atoms with Gasteiger partial charge in [0.05, 0.1) is 17.3 Å². The highest BCUT2D eigenvalue weighted by Gasteiger charge is 2.24. The third-order valence-corrected chi connectivity index (χ3v) is 5.96. The van der Waals surface area contributed by atoms with Crippen molar-refractivity contribution in [3.05, 3.63) is 69.9 Å². The summed E-state index contributed by atoms with van der Waals surface area (Å²) < 4.78 is 0. The van der Waals surface area contributed by atoms with Crippen LogP contribution in [-0.4, -0.2) is 24.6 Å². The number of hydrogen-bond acceptors (Lipinski definition) is 6. The van der Waals surface area contributed by atoms with E-state index in [1.54, 1.807) is 32.2 Å². The Bertz CT molecular complexity index is 1130. The maximum absolute atomic E-state index is 12.0. The van der Waals surface area contributed by atoms with E-state index < -0.39 is 11.8 Å². The molecule has 0 spiro atoms. The van der Waals surface area contributed by atoms with Crippen LogP contribution >= 0.6 is 0 Å². The molecule has 0 saturated carbocycles. The number of nitrogens with two attached hydrogens (primary N) is 2. The lowest BCUT2D eigenvalue weighted by Gasteiger charge is -2.18. The number of hydrazine groups is 1. The first kappa shape index (κ1) is 27.6. The Kier molecular flexibility index (Phi) is 10.0. The largest absolute Gasteiger partial charge is 0.400 e. The highest BCUT2D eigenvalue weighted by atomic mass is 16.2. The maximum Gasteiger partial charge on any atom is 0.251 e. The van der Waals surface area contributed by atoms with Crippen molar-refractivity contribution in [1.82, 2.24) is 10.7 Å². The van der Waals surface area contributed by atoms with Gasteiger partial charge in [0.2, 0.25) is 5.91 Å². The fourth-order valence-corrected chi connectivity index (χ4v) is 3.51. The minimum atomic E-state index is -0.693. The van der Waals surface area contributed by atoms with Gasteiger partial charge in [-0.15, -0.1) is 0 Å². The van der Waals surface area contributed by atoms with Gasteiger partial charge < -0.3 is 22.2 Å². The first-order chi connectivity index (χ1) is 16.7. The van der Waals surface area contributed by atoms with E-state index in [4.69, 9.17) is 16.5 Å². The van der Waals surface area contributed by atoms with E-state index >= 15 is 0 Å². The summed E-state index contributed by atoms with van der Waals surface area (Å²) in [5.41, 5.74) is 24.8. The Labute approximate surface area is 208 Å². The number of hydrogen-bond donors (Lipinski definition) is 5. The van der Waals surface area contributed by atoms with Crippen LogP contribution in [0.4, 0.5) is 5.69 Å². The molecule has 8 nitrogen and oxygen atoms in total. The molecule has 1 unspecified atom stereocenters. The highest BCUT2D eigenvalue weighted by molar-refractivity contribution is 6.04. The topological polar surface area (TPSA) is 135 Å². The van der Waals surface area contributed by atoms with Crippen LogP contribution in [0.1, 0.15) is 73.1 Å². The van der Waals surface area contributed by atoms with E-state index in [2.05, 4.69) is 30.0 Å². The third kappa shape index (κ3) is 6.70. The Hall–Kier alpha value is -3.65. The van der Waals surface area contributed by atoms with Gasteiger partial charge in [-0.25, -0.2) is 5.43 Å². The normalized spacial score (nSPS) is 14.1. The van der Waals surface area contributed by atoms with Gasteiger partial charge in [-0.1, -0.05) is 44.9 Å². The van der Waals surface area contributed by atoms with Gasteiger partial charge in [-0.05, 0) is 50.1 Å². The van der Waals surface area contributed by atoms with Crippen LogP contribution in [-0.2, 0) is 11.3 Å². The second-order valence-electron chi connectivity index (χ2n) is 8.55. The summed E-state index contributed by atoms with van der Waals surface area (Å²) in [7, 11) is 1.59. The molecule has 1 heterocycles. The van der Waals surface area contributed by atoms with Gasteiger partial charge in [0, 0.05) is 41.7 Å². The van der Waals surface area contributed by atoms with Crippen LogP contribution in [0.15, 0.2) is 47.1 Å². The average Bonchev–Trinajstić information content (AvgIpc) is 3.35. The van der Waals surface area contributed by atoms with Crippen LogP contribution < -0.4 is 27.6 Å². The molecular weight excluding hydrogens is 440 g/mol. The van der Waals surface area contributed by atoms with E-state index in [0.717, 1.165) is 27.9 Å². The van der Waals surface area contributed by atoms with Crippen LogP contribution in [0, 0.1) is 12.8 Å². The summed E-state index contributed by atoms with van der Waals surface area (Å²) in [6.07, 6.45) is 2.64. The number of nitrogens with one attached hydrogen (secondary N) is 3. The summed E-state index contributed by atoms with van der Waals surface area (Å²) >= 11 is 0. The van der Waals surface area contributed by atoms with E-state index in [-0.39, 0.29) is 5.91 Å². The number of benzene rings is 2. The number of nitrogens with zero attached hydrogens (tertiary/aromatic N) is 1. The van der Waals surface area contributed by atoms with Gasteiger partial charge >= 0.3 is 0 Å². The molecule has 1 aliphatic heterocycles. The molecule has 1 aliphatic rings. The minimum absolute atomic E-state index is 0.179. The van der Waals surface area contributed by atoms with Gasteiger partial charge in [0.1, 0.15) is 0 Å². The van der Waals surface area contributed by atoms with Gasteiger partial charge in [0.25, 0.3) is 5.91 Å². The molecule has 2 aromatic rings. The van der Waals surface area contributed by atoms with Crippen LogP contribution in [0.2, 0.25) is 0 Å². The fraction of sp³-hybridized carbons (Fsp3) is 0.370. The van der Waals surface area contributed by atoms with Gasteiger partial charge in [0.15, 0.2) is 0 Å². The van der Waals surface area contributed by atoms with Crippen molar-refractivity contribution in [3.8, 4) is 0 Å². The molecule has 2 aromatic carbocycles. The zero-order chi connectivity index (χ0) is 26.1. The molecule has 0 aliphatic carbocycles. The smallest absolute Gasteiger partial charge is 0.251 e. The average molecular weight is 479 g/mol. The summed E-state index contributed by atoms with van der Waals surface area (Å²) in [6, 6.07) is 11.2. The maximum atomic E-state index is 12.0. The number of fused-ring (bicyclic) bond motifs is 1. The molecule has 0 aromatic heterocycles. The van der Waals surface area contributed by atoms with Crippen molar-refractivity contribution in [3.63, 3.8) is 0 Å². The molecule has 7 N–H and O–H groups in total. The standard InChI is InChI=1S/C23H28N6O2.C4H10/c1-12-8-9-18-17(11-27-29-18)19(12)21(20(24)13(2)22(25)30)28-14(3)15-6-5-7-16(10-15)23(31)26-4;1-3-4-2/h5-10,13,27,29H,11,24H2,1-4H3,(H2,25,30)(H,26,31);3-4H2,1-2H3/b21-20+,28-14?;. The summed E-state index contributed by atoms with van der Waals surface area (Å²) in [5.74, 6) is -1.39.